The number of hydrogen-bond donors (Lipinski definition) is 5. The van der Waals surface area contributed by atoms with Crippen molar-refractivity contribution in [3.63, 3.8) is 0 Å². The van der Waals surface area contributed by atoms with Gasteiger partial charge in [-0.1, -0.05) is 6.07 Å². The highest BCUT2D eigenvalue weighted by molar-refractivity contribution is 7.88. The molecule has 0 aliphatic heterocycles. The van der Waals surface area contributed by atoms with E-state index in [0.29, 0.717) is 5.69 Å². The van der Waals surface area contributed by atoms with Crippen LogP contribution in [0.3, 0.4) is 0 Å². The lowest BCUT2D eigenvalue weighted by Crippen LogP contribution is -2.28. The lowest BCUT2D eigenvalue weighted by Gasteiger charge is -2.09. The zero-order valence-corrected chi connectivity index (χ0v) is 17.6. The molecule has 0 aliphatic rings. The van der Waals surface area contributed by atoms with Gasteiger partial charge in [0.05, 0.1) is 11.2 Å². The summed E-state index contributed by atoms with van der Waals surface area (Å²) in [5.41, 5.74) is 5.90. The first-order chi connectivity index (χ1) is 13.8. The van der Waals surface area contributed by atoms with Crippen molar-refractivity contribution in [3.05, 3.63) is 24.3 Å². The van der Waals surface area contributed by atoms with E-state index in [0.717, 1.165) is 6.26 Å². The highest BCUT2D eigenvalue weighted by atomic mass is 32.2. The molecule has 1 aromatic carbocycles. The average Bonchev–Trinajstić information content (AvgIpc) is 2.56. The first-order valence-corrected chi connectivity index (χ1v) is 11.9. The van der Waals surface area contributed by atoms with Crippen LogP contribution in [-0.2, 0) is 30.8 Å². The number of nitrogen functional groups attached to an aromatic ring is 1. The highest BCUT2D eigenvalue weighted by Crippen LogP contribution is 2.18. The minimum absolute atomic E-state index is 0.0311. The van der Waals surface area contributed by atoms with Crippen molar-refractivity contribution in [3.8, 4) is 0 Å². The largest absolute Gasteiger partial charge is 0.425 e. The normalized spacial score (nSPS) is 11.1. The number of hydrogen-bond acceptors (Lipinski definition) is 13. The molecule has 0 bridgehead atoms. The zero-order valence-electron chi connectivity index (χ0n) is 15.2. The van der Waals surface area contributed by atoms with Crippen LogP contribution in [0, 0.1) is 0 Å². The van der Waals surface area contributed by atoms with Crippen LogP contribution < -0.4 is 21.1 Å². The van der Waals surface area contributed by atoms with Gasteiger partial charge in [-0.25, -0.2) is 13.1 Å². The summed E-state index contributed by atoms with van der Waals surface area (Å²) in [5, 5.41) is 5.52. The van der Waals surface area contributed by atoms with Crippen molar-refractivity contribution in [2.75, 3.05) is 35.7 Å². The molecule has 1 heterocycles. The van der Waals surface area contributed by atoms with E-state index in [9.17, 15) is 16.8 Å². The van der Waals surface area contributed by atoms with Gasteiger partial charge in [-0.15, -0.1) is 12.6 Å². The molecular formula is C12H17N7O8S3. The van der Waals surface area contributed by atoms with Crippen molar-refractivity contribution < 1.29 is 34.0 Å². The number of benzene rings is 1. The van der Waals surface area contributed by atoms with E-state index in [1.807, 2.05) is 0 Å². The molecule has 1 aromatic heterocycles. The van der Waals surface area contributed by atoms with Crippen molar-refractivity contribution in [1.29, 1.82) is 0 Å². The van der Waals surface area contributed by atoms with Crippen LogP contribution in [0.2, 0.25) is 0 Å². The Morgan fingerprint density at radius 3 is 2.20 bits per heavy atom. The molecule has 6 N–H and O–H groups in total. The fraction of sp³-hybridized carbons (Fsp3) is 0.250. The molecule has 30 heavy (non-hydrogen) atoms. The number of sulfonamides is 1. The lowest BCUT2D eigenvalue weighted by atomic mass is 10.3. The van der Waals surface area contributed by atoms with Gasteiger partial charge in [0, 0.05) is 18.8 Å². The molecular weight excluding hydrogens is 466 g/mol. The molecule has 0 atom stereocenters. The van der Waals surface area contributed by atoms with Gasteiger partial charge in [0.15, 0.2) is 0 Å². The number of aromatic nitrogens is 3. The fourth-order valence-electron chi connectivity index (χ4n) is 1.80. The molecule has 0 fully saturated rings. The SMILES string of the molecule is CS(=O)(=O)NCCNc1nc(N)nc(Nc2cccc(S(=O)(=O)O)c2)n1.O=S(=O)=O. The van der Waals surface area contributed by atoms with Gasteiger partial charge in [0.25, 0.3) is 10.1 Å². The van der Waals surface area contributed by atoms with E-state index in [1.54, 1.807) is 0 Å². The second-order valence-electron chi connectivity index (χ2n) is 5.27. The van der Waals surface area contributed by atoms with E-state index < -0.39 is 30.8 Å². The van der Waals surface area contributed by atoms with Gasteiger partial charge in [0.1, 0.15) is 0 Å². The molecule has 0 saturated heterocycles. The standard InChI is InChI=1S/C12H17N7O5S2.O3S/c1-25(20,21)15-6-5-14-11-17-10(13)18-12(19-11)16-8-3-2-4-9(7-8)26(22,23)24;1-4(2)3/h2-4,7,15H,5-6H2,1H3,(H,22,23,24)(H4,13,14,16,17,18,19);. The number of nitrogens with two attached hydrogens (primary N) is 1. The summed E-state index contributed by atoms with van der Waals surface area (Å²) in [6.07, 6.45) is 1.04. The van der Waals surface area contributed by atoms with Gasteiger partial charge < -0.3 is 16.4 Å². The summed E-state index contributed by atoms with van der Waals surface area (Å²) < 4.78 is 81.0. The second-order valence-corrected chi connectivity index (χ2v) is 8.93. The van der Waals surface area contributed by atoms with E-state index in [4.69, 9.17) is 22.9 Å². The van der Waals surface area contributed by atoms with E-state index in [1.165, 1.54) is 24.3 Å². The fourth-order valence-corrected chi connectivity index (χ4v) is 2.80. The Hall–Kier alpha value is -2.93. The Morgan fingerprint density at radius 2 is 1.63 bits per heavy atom. The van der Waals surface area contributed by atoms with Crippen LogP contribution >= 0.6 is 0 Å². The Balaban J connectivity index is 0.00000103. The molecule has 18 heteroatoms. The molecule has 0 unspecified atom stereocenters. The summed E-state index contributed by atoms with van der Waals surface area (Å²) in [6.45, 7) is 0.317. The zero-order chi connectivity index (χ0) is 22.9. The molecule has 0 spiro atoms. The maximum atomic E-state index is 11.2. The van der Waals surface area contributed by atoms with Crippen molar-refractivity contribution >= 4 is 54.3 Å². The van der Waals surface area contributed by atoms with E-state index in [2.05, 4.69) is 30.3 Å². The summed E-state index contributed by atoms with van der Waals surface area (Å²) in [4.78, 5) is 11.5. The third kappa shape index (κ3) is 10.6. The number of anilines is 4. The summed E-state index contributed by atoms with van der Waals surface area (Å²) in [6, 6.07) is 5.38. The molecule has 0 aliphatic carbocycles. The molecule has 15 nitrogen and oxygen atoms in total. The quantitative estimate of drug-likeness (QED) is 0.210. The van der Waals surface area contributed by atoms with Crippen LogP contribution in [0.1, 0.15) is 0 Å². The van der Waals surface area contributed by atoms with Gasteiger partial charge in [-0.2, -0.15) is 23.4 Å². The van der Waals surface area contributed by atoms with Crippen LogP contribution in [0.4, 0.5) is 23.5 Å². The number of nitrogens with zero attached hydrogens (tertiary/aromatic N) is 3. The summed E-state index contributed by atoms with van der Waals surface area (Å²) in [5.74, 6) is 0.0248. The molecule has 2 aromatic rings. The molecule has 0 radical (unpaired) electrons. The molecule has 2 rings (SSSR count). The first-order valence-electron chi connectivity index (χ1n) is 7.57. The van der Waals surface area contributed by atoms with Crippen LogP contribution in [0.15, 0.2) is 29.2 Å². The topological polar surface area (TPSA) is 240 Å². The minimum atomic E-state index is -4.35. The third-order valence-electron chi connectivity index (χ3n) is 2.81. The van der Waals surface area contributed by atoms with Gasteiger partial charge in [-0.05, 0) is 18.2 Å². The smallest absolute Gasteiger partial charge is 0.368 e. The van der Waals surface area contributed by atoms with Crippen LogP contribution in [-0.4, -0.2) is 68.3 Å². The highest BCUT2D eigenvalue weighted by Gasteiger charge is 2.11. The number of rotatable bonds is 8. The van der Waals surface area contributed by atoms with Gasteiger partial charge in [0.2, 0.25) is 27.9 Å². The predicted octanol–water partition coefficient (Wildman–Crippen LogP) is -1.60. The van der Waals surface area contributed by atoms with E-state index >= 15 is 0 Å². The monoisotopic (exact) mass is 483 g/mol. The molecule has 0 saturated carbocycles. The summed E-state index contributed by atoms with van der Waals surface area (Å²) in [7, 11) is -10.8. The van der Waals surface area contributed by atoms with Crippen LogP contribution in [0.5, 0.6) is 0 Å². The Bertz CT molecular complexity index is 1190. The first kappa shape index (κ1) is 25.1. The van der Waals surface area contributed by atoms with Gasteiger partial charge in [-0.3, -0.25) is 4.55 Å². The number of nitrogens with one attached hydrogen (secondary N) is 3. The third-order valence-corrected chi connectivity index (χ3v) is 4.39. The maximum absolute atomic E-state index is 11.2. The Morgan fingerprint density at radius 1 is 1.03 bits per heavy atom. The maximum Gasteiger partial charge on any atom is 0.425 e. The molecule has 166 valence electrons. The predicted molar refractivity (Wildman–Crippen MR) is 105 cm³/mol. The Labute approximate surface area is 173 Å². The molecule has 0 amide bonds. The van der Waals surface area contributed by atoms with E-state index in [-0.39, 0.29) is 35.8 Å². The lowest BCUT2D eigenvalue weighted by molar-refractivity contribution is 0.483. The van der Waals surface area contributed by atoms with Crippen molar-refractivity contribution in [2.45, 2.75) is 4.90 Å². The summed E-state index contributed by atoms with van der Waals surface area (Å²) >= 11 is 0. The second kappa shape index (κ2) is 10.7. The Kier molecular flexibility index (Phi) is 8.98. The van der Waals surface area contributed by atoms with Crippen molar-refractivity contribution in [1.82, 2.24) is 19.7 Å². The van der Waals surface area contributed by atoms with Crippen molar-refractivity contribution in [2.24, 2.45) is 0 Å². The van der Waals surface area contributed by atoms with Crippen LogP contribution in [0.25, 0.3) is 0 Å². The minimum Gasteiger partial charge on any atom is -0.368 e. The van der Waals surface area contributed by atoms with Gasteiger partial charge >= 0.3 is 10.6 Å². The average molecular weight is 484 g/mol.